The van der Waals surface area contributed by atoms with Crippen LogP contribution in [0.4, 0.5) is 0 Å². The van der Waals surface area contributed by atoms with E-state index in [4.69, 9.17) is 0 Å². The van der Waals surface area contributed by atoms with Gasteiger partial charge >= 0.3 is 0 Å². The molecule has 0 aromatic rings. The molecule has 1 aliphatic rings. The van der Waals surface area contributed by atoms with Crippen molar-refractivity contribution in [1.29, 1.82) is 0 Å². The number of hydrogen-bond donors (Lipinski definition) is 0. The quantitative estimate of drug-likeness (QED) is 0.476. The van der Waals surface area contributed by atoms with E-state index in [-0.39, 0.29) is 0 Å². The van der Waals surface area contributed by atoms with Crippen molar-refractivity contribution in [3.8, 4) is 0 Å². The monoisotopic (exact) mass is 122 g/mol. The number of allylic oxidation sites excluding steroid dienone is 2. The van der Waals surface area contributed by atoms with E-state index in [9.17, 15) is 0 Å². The highest BCUT2D eigenvalue weighted by Crippen LogP contribution is 2.20. The average molecular weight is 122 g/mol. The van der Waals surface area contributed by atoms with Crippen LogP contribution < -0.4 is 0 Å². The van der Waals surface area contributed by atoms with Crippen molar-refractivity contribution in [2.75, 3.05) is 0 Å². The molecule has 1 heterocycles. The van der Waals surface area contributed by atoms with Gasteiger partial charge in [-0.05, 0) is 6.42 Å². The lowest BCUT2D eigenvalue weighted by molar-refractivity contribution is 1.18. The van der Waals surface area contributed by atoms with Crippen LogP contribution in [0.25, 0.3) is 0 Å². The minimum Gasteiger partial charge on any atom is -0.256 e. The van der Waals surface area contributed by atoms with Crippen LogP contribution in [0.3, 0.4) is 0 Å². The van der Waals surface area contributed by atoms with Crippen molar-refractivity contribution in [2.45, 2.75) is 20.3 Å². The van der Waals surface area contributed by atoms with Gasteiger partial charge in [-0.3, -0.25) is 11.5 Å². The molecule has 40 valence electrons. The van der Waals surface area contributed by atoms with E-state index in [2.05, 4.69) is 27.0 Å². The fourth-order valence-corrected chi connectivity index (χ4v) is 1.69. The second-order valence-electron chi connectivity index (χ2n) is 1.93. The molecule has 0 spiro atoms. The summed E-state index contributed by atoms with van der Waals surface area (Å²) >= 11 is 1.79. The molecule has 0 aromatic carbocycles. The van der Waals surface area contributed by atoms with Crippen molar-refractivity contribution in [2.24, 2.45) is 0 Å². The van der Waals surface area contributed by atoms with Gasteiger partial charge in [0.15, 0.2) is 0 Å². The van der Waals surface area contributed by atoms with Crippen LogP contribution >= 0.6 is 11.5 Å². The third-order valence-electron chi connectivity index (χ3n) is 1.34. The summed E-state index contributed by atoms with van der Waals surface area (Å²) in [6.07, 6.45) is 1.18. The normalized spacial score (nSPS) is 18.2. The van der Waals surface area contributed by atoms with Gasteiger partial charge < -0.3 is 0 Å². The second-order valence-corrected chi connectivity index (χ2v) is 2.68. The van der Waals surface area contributed by atoms with Gasteiger partial charge in [-0.25, -0.2) is 0 Å². The van der Waals surface area contributed by atoms with Crippen molar-refractivity contribution in [3.05, 3.63) is 10.9 Å². The van der Waals surface area contributed by atoms with Crippen molar-refractivity contribution < 1.29 is 0 Å². The highest BCUT2D eigenvalue weighted by molar-refractivity contribution is 8.42. The largest absolute Gasteiger partial charge is 0.256 e. The van der Waals surface area contributed by atoms with Crippen molar-refractivity contribution >= 4 is 24.6 Å². The minimum atomic E-state index is 1.18. The zero-order valence-electron chi connectivity index (χ0n) is 5.27. The molecular formula is C5H8B2S. The second kappa shape index (κ2) is 2.67. The van der Waals surface area contributed by atoms with Gasteiger partial charge in [0.1, 0.15) is 0 Å². The Morgan fingerprint density at radius 1 is 1.50 bits per heavy atom. The summed E-state index contributed by atoms with van der Waals surface area (Å²) < 4.78 is 0. The van der Waals surface area contributed by atoms with Gasteiger partial charge in [0.05, 0.1) is 0 Å². The zero-order valence-corrected chi connectivity index (χ0v) is 6.09. The van der Waals surface area contributed by atoms with Crippen LogP contribution in [-0.4, -0.2) is 13.1 Å². The summed E-state index contributed by atoms with van der Waals surface area (Å²) in [5, 5.41) is 0. The molecule has 2 radical (unpaired) electrons. The Morgan fingerprint density at radius 2 is 2.25 bits per heavy atom. The maximum atomic E-state index is 2.22. The molecule has 1 aliphatic heterocycles. The van der Waals surface area contributed by atoms with E-state index < -0.39 is 0 Å². The maximum absolute atomic E-state index is 2.22. The summed E-state index contributed by atoms with van der Waals surface area (Å²) in [7, 11) is 0. The molecule has 0 amide bonds. The highest BCUT2D eigenvalue weighted by Gasteiger charge is 2.10. The molecule has 0 saturated carbocycles. The molecule has 0 unspecified atom stereocenters. The van der Waals surface area contributed by atoms with E-state index in [0.717, 1.165) is 0 Å². The van der Waals surface area contributed by atoms with Gasteiger partial charge in [-0.15, -0.1) is 10.9 Å². The molecule has 0 saturated heterocycles. The first-order valence-electron chi connectivity index (χ1n) is 2.86. The number of rotatable bonds is 1. The van der Waals surface area contributed by atoms with Crippen LogP contribution in [0.5, 0.6) is 0 Å². The van der Waals surface area contributed by atoms with Crippen molar-refractivity contribution in [1.82, 2.24) is 0 Å². The molecule has 0 N–H and O–H groups in total. The van der Waals surface area contributed by atoms with Gasteiger partial charge in [-0.1, -0.05) is 13.8 Å². The van der Waals surface area contributed by atoms with Gasteiger partial charge in [0.25, 0.3) is 0 Å². The Labute approximate surface area is 56.4 Å². The first kappa shape index (κ1) is 6.34. The zero-order chi connectivity index (χ0) is 5.98. The lowest BCUT2D eigenvalue weighted by Crippen LogP contribution is -1.84. The third kappa shape index (κ3) is 1.13. The molecule has 0 nitrogen and oxygen atoms in total. The van der Waals surface area contributed by atoms with Crippen LogP contribution in [0.2, 0.25) is 0 Å². The summed E-state index contributed by atoms with van der Waals surface area (Å²) in [6, 6.07) is 0. The molecule has 0 aromatic heterocycles. The average Bonchev–Trinajstić information content (AvgIpc) is 2.14. The van der Waals surface area contributed by atoms with Crippen LogP contribution in [0, 0.1) is 0 Å². The maximum Gasteiger partial charge on any atom is 0.208 e. The highest BCUT2D eigenvalue weighted by atomic mass is 32.2. The van der Waals surface area contributed by atoms with E-state index in [1.807, 2.05) is 0 Å². The molecular weight excluding hydrogens is 114 g/mol. The topological polar surface area (TPSA) is 0 Å². The fourth-order valence-electron chi connectivity index (χ4n) is 0.749. The Morgan fingerprint density at radius 3 is 2.50 bits per heavy atom. The lowest BCUT2D eigenvalue weighted by atomic mass is 9.80. The molecule has 0 atom stereocenters. The van der Waals surface area contributed by atoms with E-state index in [1.165, 1.54) is 17.4 Å². The molecule has 0 bridgehead atoms. The Bertz CT molecular complexity index is 120. The smallest absolute Gasteiger partial charge is 0.208 e. The van der Waals surface area contributed by atoms with E-state index >= 15 is 0 Å². The molecule has 3 heteroatoms. The Kier molecular flexibility index (Phi) is 2.12. The first-order chi connectivity index (χ1) is 3.84. The lowest BCUT2D eigenvalue weighted by Gasteiger charge is -1.93. The first-order valence-corrected chi connectivity index (χ1v) is 3.80. The Hall–Kier alpha value is 0.220. The summed E-state index contributed by atoms with van der Waals surface area (Å²) in [5.41, 5.74) is 2.94. The molecule has 8 heavy (non-hydrogen) atoms. The van der Waals surface area contributed by atoms with Crippen molar-refractivity contribution in [3.63, 3.8) is 0 Å². The summed E-state index contributed by atoms with van der Waals surface area (Å²) in [6.45, 7) is 8.76. The predicted octanol–water partition coefficient (Wildman–Crippen LogP) is 1.61. The summed E-state index contributed by atoms with van der Waals surface area (Å²) in [5.74, 6) is 0. The Balaban J connectivity index is 2.58. The molecule has 0 aliphatic carbocycles. The van der Waals surface area contributed by atoms with Crippen LogP contribution in [0.1, 0.15) is 20.3 Å². The third-order valence-corrected chi connectivity index (χ3v) is 2.25. The SMILES string of the molecule is CCC1=C(C)[B]S[B]1. The van der Waals surface area contributed by atoms with E-state index in [0.29, 0.717) is 0 Å². The van der Waals surface area contributed by atoms with Gasteiger partial charge in [0.2, 0.25) is 13.1 Å². The number of hydrogen-bond acceptors (Lipinski definition) is 1. The fraction of sp³-hybridized carbons (Fsp3) is 0.600. The minimum absolute atomic E-state index is 1.18. The predicted molar refractivity (Wildman–Crippen MR) is 42.1 cm³/mol. The molecule has 1 rings (SSSR count). The van der Waals surface area contributed by atoms with Gasteiger partial charge in [0, 0.05) is 0 Å². The van der Waals surface area contributed by atoms with Gasteiger partial charge in [-0.2, -0.15) is 0 Å². The molecule has 0 fully saturated rings. The standard InChI is InChI=1S/C5H8B2S/c1-3-5-4(2)6-8-7-5/h3H2,1-2H3. The summed E-state index contributed by atoms with van der Waals surface area (Å²) in [4.78, 5) is 0. The van der Waals surface area contributed by atoms with Crippen LogP contribution in [-0.2, 0) is 0 Å². The van der Waals surface area contributed by atoms with E-state index in [1.54, 1.807) is 11.5 Å². The van der Waals surface area contributed by atoms with Crippen LogP contribution in [0.15, 0.2) is 10.9 Å².